The Morgan fingerprint density at radius 1 is 0.923 bits per heavy atom. The lowest BCUT2D eigenvalue weighted by molar-refractivity contribution is -0.145. The number of esters is 1. The van der Waals surface area contributed by atoms with Crippen molar-refractivity contribution < 1.29 is 19.0 Å². The topological polar surface area (TPSA) is 70.5 Å². The highest BCUT2D eigenvalue weighted by Gasteiger charge is 2.07. The van der Waals surface area contributed by atoms with Crippen molar-refractivity contribution in [1.29, 1.82) is 0 Å². The first kappa shape index (κ1) is 17.7. The van der Waals surface area contributed by atoms with E-state index < -0.39 is 5.97 Å². The second kappa shape index (κ2) is 8.29. The van der Waals surface area contributed by atoms with Crippen molar-refractivity contribution in [2.24, 2.45) is 0 Å². The standard InChI is InChI=1S/C20H20N2O4/c1-3-24-20(23)13-26-16-10-8-15(9-11-16)25-12-19-14(2)21-17-6-4-5-7-18(17)22-19/h4-11H,3,12-13H2,1-2H3. The summed E-state index contributed by atoms with van der Waals surface area (Å²) in [4.78, 5) is 20.4. The molecule has 3 rings (SSSR count). The molecular weight excluding hydrogens is 332 g/mol. The van der Waals surface area contributed by atoms with Gasteiger partial charge in [0.1, 0.15) is 18.1 Å². The molecule has 0 unspecified atom stereocenters. The van der Waals surface area contributed by atoms with Gasteiger partial charge in [-0.2, -0.15) is 0 Å². The average Bonchev–Trinajstić information content (AvgIpc) is 2.66. The highest BCUT2D eigenvalue weighted by Crippen LogP contribution is 2.19. The molecule has 0 bridgehead atoms. The van der Waals surface area contributed by atoms with Gasteiger partial charge in [0, 0.05) is 0 Å². The minimum absolute atomic E-state index is 0.111. The van der Waals surface area contributed by atoms with Crippen LogP contribution in [0, 0.1) is 6.92 Å². The fourth-order valence-corrected chi connectivity index (χ4v) is 2.39. The predicted molar refractivity (Wildman–Crippen MR) is 97.2 cm³/mol. The molecule has 0 amide bonds. The zero-order chi connectivity index (χ0) is 18.4. The molecule has 3 aromatic rings. The van der Waals surface area contributed by atoms with Crippen LogP contribution in [0.15, 0.2) is 48.5 Å². The van der Waals surface area contributed by atoms with Crippen LogP contribution >= 0.6 is 0 Å². The molecule has 0 atom stereocenters. The third-order valence-electron chi connectivity index (χ3n) is 3.70. The smallest absolute Gasteiger partial charge is 0.344 e. The van der Waals surface area contributed by atoms with Crippen LogP contribution in [-0.2, 0) is 16.1 Å². The van der Waals surface area contributed by atoms with Gasteiger partial charge in [0.25, 0.3) is 0 Å². The number of rotatable bonds is 7. The van der Waals surface area contributed by atoms with E-state index in [-0.39, 0.29) is 6.61 Å². The van der Waals surface area contributed by atoms with E-state index in [1.807, 2.05) is 31.2 Å². The second-order valence-corrected chi connectivity index (χ2v) is 5.60. The van der Waals surface area contributed by atoms with Gasteiger partial charge in [-0.1, -0.05) is 12.1 Å². The summed E-state index contributed by atoms with van der Waals surface area (Å²) >= 11 is 0. The molecule has 0 spiro atoms. The summed E-state index contributed by atoms with van der Waals surface area (Å²) in [5.74, 6) is 0.869. The first-order valence-electron chi connectivity index (χ1n) is 8.39. The molecule has 0 aliphatic heterocycles. The maximum atomic E-state index is 11.3. The Balaban J connectivity index is 1.60. The quantitative estimate of drug-likeness (QED) is 0.607. The minimum atomic E-state index is -0.391. The van der Waals surface area contributed by atoms with Gasteiger partial charge >= 0.3 is 5.97 Å². The summed E-state index contributed by atoms with van der Waals surface area (Å²) < 4.78 is 16.0. The van der Waals surface area contributed by atoms with Crippen molar-refractivity contribution >= 4 is 17.0 Å². The van der Waals surface area contributed by atoms with Gasteiger partial charge in [0.15, 0.2) is 6.61 Å². The third-order valence-corrected chi connectivity index (χ3v) is 3.70. The maximum absolute atomic E-state index is 11.3. The summed E-state index contributed by atoms with van der Waals surface area (Å²) in [5, 5.41) is 0. The number of hydrogen-bond acceptors (Lipinski definition) is 6. The molecule has 0 fully saturated rings. The van der Waals surface area contributed by atoms with Crippen LogP contribution in [0.4, 0.5) is 0 Å². The van der Waals surface area contributed by atoms with Crippen LogP contribution in [0.5, 0.6) is 11.5 Å². The number of fused-ring (bicyclic) bond motifs is 1. The number of carbonyl (C=O) groups is 1. The average molecular weight is 352 g/mol. The van der Waals surface area contributed by atoms with Crippen LogP contribution in [0.25, 0.3) is 11.0 Å². The van der Waals surface area contributed by atoms with E-state index in [1.54, 1.807) is 31.2 Å². The van der Waals surface area contributed by atoms with Gasteiger partial charge in [-0.05, 0) is 50.2 Å². The van der Waals surface area contributed by atoms with Crippen molar-refractivity contribution in [3.8, 4) is 11.5 Å². The van der Waals surface area contributed by atoms with Gasteiger partial charge < -0.3 is 14.2 Å². The molecule has 0 aliphatic rings. The largest absolute Gasteiger partial charge is 0.487 e. The van der Waals surface area contributed by atoms with E-state index in [2.05, 4.69) is 9.97 Å². The molecule has 6 nitrogen and oxygen atoms in total. The van der Waals surface area contributed by atoms with Crippen molar-refractivity contribution in [3.05, 3.63) is 59.9 Å². The maximum Gasteiger partial charge on any atom is 0.344 e. The summed E-state index contributed by atoms with van der Waals surface area (Å²) in [6, 6.07) is 14.8. The molecule has 0 saturated carbocycles. The number of para-hydroxylation sites is 2. The highest BCUT2D eigenvalue weighted by atomic mass is 16.6. The van der Waals surface area contributed by atoms with E-state index in [0.717, 1.165) is 22.4 Å². The molecule has 0 saturated heterocycles. The Hall–Kier alpha value is -3.15. The normalized spacial score (nSPS) is 10.5. The molecule has 1 aromatic heterocycles. The van der Waals surface area contributed by atoms with Crippen LogP contribution in [0.2, 0.25) is 0 Å². The van der Waals surface area contributed by atoms with Crippen molar-refractivity contribution in [3.63, 3.8) is 0 Å². The summed E-state index contributed by atoms with van der Waals surface area (Å²) in [7, 11) is 0. The highest BCUT2D eigenvalue weighted by molar-refractivity contribution is 5.74. The lowest BCUT2D eigenvalue weighted by Gasteiger charge is -2.10. The van der Waals surface area contributed by atoms with Crippen LogP contribution in [0.1, 0.15) is 18.3 Å². The number of carbonyl (C=O) groups excluding carboxylic acids is 1. The van der Waals surface area contributed by atoms with Gasteiger partial charge in [-0.3, -0.25) is 0 Å². The van der Waals surface area contributed by atoms with Gasteiger partial charge in [-0.15, -0.1) is 0 Å². The Morgan fingerprint density at radius 3 is 2.19 bits per heavy atom. The Bertz CT molecular complexity index is 894. The molecule has 1 heterocycles. The van der Waals surface area contributed by atoms with Crippen LogP contribution in [-0.4, -0.2) is 29.2 Å². The van der Waals surface area contributed by atoms with Crippen molar-refractivity contribution in [1.82, 2.24) is 9.97 Å². The summed E-state index contributed by atoms with van der Waals surface area (Å²) in [6.07, 6.45) is 0. The Labute approximate surface area is 151 Å². The minimum Gasteiger partial charge on any atom is -0.487 e. The molecule has 2 aromatic carbocycles. The van der Waals surface area contributed by atoms with Crippen LogP contribution < -0.4 is 9.47 Å². The van der Waals surface area contributed by atoms with E-state index in [1.165, 1.54) is 0 Å². The number of ether oxygens (including phenoxy) is 3. The van der Waals surface area contributed by atoms with E-state index in [4.69, 9.17) is 14.2 Å². The number of hydrogen-bond donors (Lipinski definition) is 0. The number of benzene rings is 2. The molecule has 0 aliphatic carbocycles. The Morgan fingerprint density at radius 2 is 1.54 bits per heavy atom. The van der Waals surface area contributed by atoms with E-state index in [9.17, 15) is 4.79 Å². The van der Waals surface area contributed by atoms with Crippen molar-refractivity contribution in [2.45, 2.75) is 20.5 Å². The van der Waals surface area contributed by atoms with Gasteiger partial charge in [0.2, 0.25) is 0 Å². The first-order valence-corrected chi connectivity index (χ1v) is 8.39. The molecule has 0 N–H and O–H groups in total. The van der Waals surface area contributed by atoms with Crippen molar-refractivity contribution in [2.75, 3.05) is 13.2 Å². The van der Waals surface area contributed by atoms with E-state index in [0.29, 0.717) is 24.7 Å². The third kappa shape index (κ3) is 4.47. The number of aryl methyl sites for hydroxylation is 1. The molecule has 134 valence electrons. The monoisotopic (exact) mass is 352 g/mol. The predicted octanol–water partition coefficient (Wildman–Crippen LogP) is 3.46. The second-order valence-electron chi connectivity index (χ2n) is 5.60. The number of nitrogens with zero attached hydrogens (tertiary/aromatic N) is 2. The van der Waals surface area contributed by atoms with Gasteiger partial charge in [0.05, 0.1) is 29.0 Å². The fraction of sp³-hybridized carbons (Fsp3) is 0.250. The SMILES string of the molecule is CCOC(=O)COc1ccc(OCc2nc3ccccc3nc2C)cc1. The van der Waals surface area contributed by atoms with E-state index >= 15 is 0 Å². The fourth-order valence-electron chi connectivity index (χ4n) is 2.39. The summed E-state index contributed by atoms with van der Waals surface area (Å²) in [5.41, 5.74) is 3.36. The zero-order valence-electron chi connectivity index (χ0n) is 14.8. The lowest BCUT2D eigenvalue weighted by Crippen LogP contribution is -2.14. The molecule has 26 heavy (non-hydrogen) atoms. The lowest BCUT2D eigenvalue weighted by atomic mass is 10.2. The number of aromatic nitrogens is 2. The Kier molecular flexibility index (Phi) is 5.63. The molecular formula is C20H20N2O4. The van der Waals surface area contributed by atoms with Crippen LogP contribution in [0.3, 0.4) is 0 Å². The molecule has 6 heteroatoms. The zero-order valence-corrected chi connectivity index (χ0v) is 14.8. The summed E-state index contributed by atoms with van der Waals surface area (Å²) in [6.45, 7) is 4.23. The molecule has 0 radical (unpaired) electrons. The first-order chi connectivity index (χ1) is 12.7. The van der Waals surface area contributed by atoms with Gasteiger partial charge in [-0.25, -0.2) is 14.8 Å².